The first-order valence-electron chi connectivity index (χ1n) is 12.5. The summed E-state index contributed by atoms with van der Waals surface area (Å²) in [5.74, 6) is -1.10. The lowest BCUT2D eigenvalue weighted by atomic mass is 10.0. The second kappa shape index (κ2) is 13.4. The van der Waals surface area contributed by atoms with Gasteiger partial charge in [0.2, 0.25) is 21.8 Å². The Hall–Kier alpha value is -3.96. The number of carbonyl (C=O) groups is 2. The van der Waals surface area contributed by atoms with Gasteiger partial charge in [0.15, 0.2) is 0 Å². The second-order valence-corrected chi connectivity index (χ2v) is 11.8. The molecule has 2 amide bonds. The summed E-state index contributed by atoms with van der Waals surface area (Å²) in [5, 5.41) is 14.6. The summed E-state index contributed by atoms with van der Waals surface area (Å²) in [4.78, 5) is 39.5. The highest BCUT2D eigenvalue weighted by Gasteiger charge is 2.33. The molecule has 1 atom stereocenters. The lowest BCUT2D eigenvalue weighted by molar-refractivity contribution is -0.384. The number of hydrogen-bond acceptors (Lipinski definition) is 6. The van der Waals surface area contributed by atoms with Gasteiger partial charge in [-0.3, -0.25) is 24.0 Å². The first-order chi connectivity index (χ1) is 18.9. The number of sulfonamides is 1. The van der Waals surface area contributed by atoms with E-state index in [0.29, 0.717) is 10.6 Å². The number of nitro groups is 1. The summed E-state index contributed by atoms with van der Waals surface area (Å²) in [6, 6.07) is 19.8. The Morgan fingerprint density at radius 1 is 1.00 bits per heavy atom. The third-order valence-electron chi connectivity index (χ3n) is 6.01. The van der Waals surface area contributed by atoms with E-state index in [4.69, 9.17) is 11.6 Å². The third-order valence-corrected chi connectivity index (χ3v) is 7.52. The molecule has 0 unspecified atom stereocenters. The molecule has 0 radical (unpaired) electrons. The van der Waals surface area contributed by atoms with Gasteiger partial charge in [-0.15, -0.1) is 0 Å². The van der Waals surface area contributed by atoms with E-state index in [9.17, 15) is 28.1 Å². The van der Waals surface area contributed by atoms with Crippen molar-refractivity contribution in [3.05, 3.63) is 105 Å². The van der Waals surface area contributed by atoms with Crippen LogP contribution < -0.4 is 9.62 Å². The van der Waals surface area contributed by atoms with Crippen molar-refractivity contribution in [2.45, 2.75) is 38.9 Å². The molecular weight excluding hydrogens is 556 g/mol. The van der Waals surface area contributed by atoms with E-state index in [1.54, 1.807) is 38.1 Å². The highest BCUT2D eigenvalue weighted by Crippen LogP contribution is 2.25. The van der Waals surface area contributed by atoms with Crippen LogP contribution in [0.2, 0.25) is 5.02 Å². The van der Waals surface area contributed by atoms with E-state index in [1.165, 1.54) is 23.1 Å². The highest BCUT2D eigenvalue weighted by atomic mass is 35.5. The number of anilines is 1. The van der Waals surface area contributed by atoms with E-state index in [-0.39, 0.29) is 30.4 Å². The van der Waals surface area contributed by atoms with E-state index in [1.807, 2.05) is 30.3 Å². The van der Waals surface area contributed by atoms with Crippen LogP contribution in [0.1, 0.15) is 25.0 Å². The maximum Gasteiger partial charge on any atom is 0.271 e. The first-order valence-corrected chi connectivity index (χ1v) is 14.7. The molecule has 0 heterocycles. The molecule has 0 fully saturated rings. The zero-order chi connectivity index (χ0) is 29.4. The Bertz CT molecular complexity index is 1470. The minimum atomic E-state index is -4.06. The van der Waals surface area contributed by atoms with E-state index in [2.05, 4.69) is 5.32 Å². The van der Waals surface area contributed by atoms with Crippen molar-refractivity contribution in [2.24, 2.45) is 0 Å². The quantitative estimate of drug-likeness (QED) is 0.250. The van der Waals surface area contributed by atoms with Crippen LogP contribution in [0.5, 0.6) is 0 Å². The van der Waals surface area contributed by atoms with E-state index >= 15 is 0 Å². The van der Waals surface area contributed by atoms with Crippen molar-refractivity contribution in [1.29, 1.82) is 0 Å². The number of non-ortho nitro benzene ring substituents is 1. The van der Waals surface area contributed by atoms with Crippen LogP contribution in [-0.2, 0) is 32.6 Å². The number of carbonyl (C=O) groups excluding carboxylic acids is 2. The monoisotopic (exact) mass is 586 g/mol. The zero-order valence-corrected chi connectivity index (χ0v) is 23.9. The number of benzene rings is 3. The highest BCUT2D eigenvalue weighted by molar-refractivity contribution is 7.92. The second-order valence-electron chi connectivity index (χ2n) is 9.53. The average molecular weight is 587 g/mol. The van der Waals surface area contributed by atoms with E-state index in [0.717, 1.165) is 22.2 Å². The Morgan fingerprint density at radius 2 is 1.65 bits per heavy atom. The molecule has 10 nitrogen and oxygen atoms in total. The van der Waals surface area contributed by atoms with Gasteiger partial charge in [0.1, 0.15) is 12.6 Å². The van der Waals surface area contributed by atoms with Crippen molar-refractivity contribution >= 4 is 44.8 Å². The number of halogens is 1. The number of nitro benzene ring substituents is 1. The van der Waals surface area contributed by atoms with Crippen molar-refractivity contribution in [3.8, 4) is 0 Å². The molecule has 0 aliphatic carbocycles. The largest absolute Gasteiger partial charge is 0.352 e. The number of nitrogens with one attached hydrogen (secondary N) is 1. The predicted molar refractivity (Wildman–Crippen MR) is 155 cm³/mol. The summed E-state index contributed by atoms with van der Waals surface area (Å²) in [7, 11) is -4.06. The SMILES string of the molecule is CC(C)NC(=O)[C@@H](Cc1ccccc1)N(Cc1ccccc1Cl)C(=O)CN(c1cccc([N+](=O)[O-])c1)S(C)(=O)=O. The van der Waals surface area contributed by atoms with Crippen molar-refractivity contribution in [3.63, 3.8) is 0 Å². The van der Waals surface area contributed by atoms with Crippen LogP contribution in [0, 0.1) is 10.1 Å². The number of nitrogens with zero attached hydrogens (tertiary/aromatic N) is 3. The maximum atomic E-state index is 14.0. The lowest BCUT2D eigenvalue weighted by Crippen LogP contribution is -2.54. The molecule has 1 N–H and O–H groups in total. The Kier molecular flexibility index (Phi) is 10.2. The molecule has 12 heteroatoms. The fourth-order valence-electron chi connectivity index (χ4n) is 4.12. The van der Waals surface area contributed by atoms with E-state index < -0.39 is 39.3 Å². The van der Waals surface area contributed by atoms with Crippen molar-refractivity contribution < 1.29 is 22.9 Å². The molecule has 0 spiro atoms. The molecule has 212 valence electrons. The lowest BCUT2D eigenvalue weighted by Gasteiger charge is -2.34. The van der Waals surface area contributed by atoms with Crippen LogP contribution in [0.15, 0.2) is 78.9 Å². The van der Waals surface area contributed by atoms with Gasteiger partial charge in [0.25, 0.3) is 5.69 Å². The smallest absolute Gasteiger partial charge is 0.271 e. The molecule has 0 saturated heterocycles. The summed E-state index contributed by atoms with van der Waals surface area (Å²) in [6.07, 6.45) is 1.07. The maximum absolute atomic E-state index is 14.0. The van der Waals surface area contributed by atoms with Gasteiger partial charge in [-0.25, -0.2) is 8.42 Å². The third kappa shape index (κ3) is 8.27. The molecule has 3 aromatic carbocycles. The topological polar surface area (TPSA) is 130 Å². The van der Waals surface area contributed by atoms with Crippen LogP contribution in [0.4, 0.5) is 11.4 Å². The van der Waals surface area contributed by atoms with Gasteiger partial charge in [-0.1, -0.05) is 66.2 Å². The predicted octanol–water partition coefficient (Wildman–Crippen LogP) is 4.18. The summed E-state index contributed by atoms with van der Waals surface area (Å²) >= 11 is 6.41. The van der Waals surface area contributed by atoms with Crippen LogP contribution in [-0.4, -0.2) is 54.9 Å². The number of hydrogen-bond donors (Lipinski definition) is 1. The minimum Gasteiger partial charge on any atom is -0.352 e. The normalized spacial score (nSPS) is 12.0. The summed E-state index contributed by atoms with van der Waals surface area (Å²) in [5.41, 5.74) is 0.981. The van der Waals surface area contributed by atoms with Crippen LogP contribution >= 0.6 is 11.6 Å². The first kappa shape index (κ1) is 30.6. The summed E-state index contributed by atoms with van der Waals surface area (Å²) in [6.45, 7) is 2.83. The minimum absolute atomic E-state index is 0.0472. The van der Waals surface area contributed by atoms with Gasteiger partial charge in [-0.05, 0) is 37.1 Å². The van der Waals surface area contributed by atoms with Gasteiger partial charge in [-0.2, -0.15) is 0 Å². The average Bonchev–Trinajstić information content (AvgIpc) is 2.89. The van der Waals surface area contributed by atoms with Crippen molar-refractivity contribution in [2.75, 3.05) is 17.1 Å². The molecule has 0 aromatic heterocycles. The fourth-order valence-corrected chi connectivity index (χ4v) is 5.16. The van der Waals surface area contributed by atoms with Crippen LogP contribution in [0.25, 0.3) is 0 Å². The van der Waals surface area contributed by atoms with Gasteiger partial charge >= 0.3 is 0 Å². The summed E-state index contributed by atoms with van der Waals surface area (Å²) < 4.78 is 26.4. The molecule has 3 aromatic rings. The Labute approximate surface area is 238 Å². The van der Waals surface area contributed by atoms with Gasteiger partial charge in [0, 0.05) is 36.2 Å². The number of rotatable bonds is 12. The molecule has 0 aliphatic heterocycles. The standard InChI is InChI=1S/C28H31ClN4O6S/c1-20(2)30-28(35)26(16-21-10-5-4-6-11-21)31(18-22-12-7-8-15-25(22)29)27(34)19-32(40(3,38)39)23-13-9-14-24(17-23)33(36)37/h4-15,17,20,26H,16,18-19H2,1-3H3,(H,30,35)/t26-/m1/s1. The molecule has 40 heavy (non-hydrogen) atoms. The zero-order valence-electron chi connectivity index (χ0n) is 22.4. The molecular formula is C28H31ClN4O6S. The number of amides is 2. The Balaban J connectivity index is 2.08. The molecule has 3 rings (SSSR count). The molecule has 0 bridgehead atoms. The Morgan fingerprint density at radius 3 is 2.25 bits per heavy atom. The molecule has 0 saturated carbocycles. The van der Waals surface area contributed by atoms with Gasteiger partial charge in [0.05, 0.1) is 16.9 Å². The fraction of sp³-hybridized carbons (Fsp3) is 0.286. The van der Waals surface area contributed by atoms with Gasteiger partial charge < -0.3 is 10.2 Å². The van der Waals surface area contributed by atoms with Crippen LogP contribution in [0.3, 0.4) is 0 Å². The van der Waals surface area contributed by atoms with Crippen molar-refractivity contribution in [1.82, 2.24) is 10.2 Å². The molecule has 0 aliphatic rings.